The number of pyridine rings is 2. The second-order valence-corrected chi connectivity index (χ2v) is 6.80. The van der Waals surface area contributed by atoms with Gasteiger partial charge in [-0.3, -0.25) is 9.88 Å². The molecule has 4 heterocycles. The molecule has 0 aliphatic carbocycles. The number of hydrogen-bond donors (Lipinski definition) is 1. The SMILES string of the molecule is COCCNc1cc(-c2noc(C3CCCN3Cc3cccnc3)n2)ccn1. The minimum absolute atomic E-state index is 0.141. The van der Waals surface area contributed by atoms with Crippen molar-refractivity contribution >= 4 is 5.82 Å². The number of methoxy groups -OCH3 is 1. The molecule has 0 amide bonds. The van der Waals surface area contributed by atoms with Gasteiger partial charge in [-0.2, -0.15) is 4.98 Å². The second kappa shape index (κ2) is 8.90. The van der Waals surface area contributed by atoms with Gasteiger partial charge in [0.1, 0.15) is 5.82 Å². The number of anilines is 1. The molecule has 1 aliphatic heterocycles. The van der Waals surface area contributed by atoms with Gasteiger partial charge in [0.15, 0.2) is 0 Å². The minimum Gasteiger partial charge on any atom is -0.383 e. The first-order chi connectivity index (χ1) is 13.8. The van der Waals surface area contributed by atoms with Crippen molar-refractivity contribution in [1.29, 1.82) is 0 Å². The third-order valence-electron chi connectivity index (χ3n) is 4.83. The maximum absolute atomic E-state index is 5.63. The van der Waals surface area contributed by atoms with Gasteiger partial charge < -0.3 is 14.6 Å². The Hall–Kier alpha value is -2.84. The molecule has 4 rings (SSSR count). The Kier molecular flexibility index (Phi) is 5.89. The lowest BCUT2D eigenvalue weighted by molar-refractivity contribution is 0.201. The average Bonchev–Trinajstić information content (AvgIpc) is 3.39. The highest BCUT2D eigenvalue weighted by Crippen LogP contribution is 2.33. The average molecular weight is 380 g/mol. The van der Waals surface area contributed by atoms with Crippen molar-refractivity contribution < 1.29 is 9.26 Å². The first-order valence-corrected chi connectivity index (χ1v) is 9.49. The van der Waals surface area contributed by atoms with Gasteiger partial charge in [-0.05, 0) is 43.1 Å². The highest BCUT2D eigenvalue weighted by Gasteiger charge is 2.30. The lowest BCUT2D eigenvalue weighted by Gasteiger charge is -2.21. The van der Waals surface area contributed by atoms with Crippen molar-refractivity contribution in [3.63, 3.8) is 0 Å². The molecule has 8 nitrogen and oxygen atoms in total. The fourth-order valence-corrected chi connectivity index (χ4v) is 3.46. The zero-order valence-electron chi connectivity index (χ0n) is 15.9. The summed E-state index contributed by atoms with van der Waals surface area (Å²) in [4.78, 5) is 15.6. The summed E-state index contributed by atoms with van der Waals surface area (Å²) in [5, 5.41) is 7.42. The zero-order chi connectivity index (χ0) is 19.2. The lowest BCUT2D eigenvalue weighted by Crippen LogP contribution is -2.23. The van der Waals surface area contributed by atoms with Crippen LogP contribution in [-0.2, 0) is 11.3 Å². The molecule has 1 N–H and O–H groups in total. The molecule has 1 aliphatic rings. The first-order valence-electron chi connectivity index (χ1n) is 9.49. The van der Waals surface area contributed by atoms with E-state index in [0.29, 0.717) is 24.9 Å². The van der Waals surface area contributed by atoms with Gasteiger partial charge in [0, 0.05) is 44.4 Å². The van der Waals surface area contributed by atoms with Gasteiger partial charge in [-0.25, -0.2) is 4.98 Å². The molecular formula is C20H24N6O2. The van der Waals surface area contributed by atoms with E-state index in [1.165, 1.54) is 5.56 Å². The van der Waals surface area contributed by atoms with Crippen LogP contribution in [0.1, 0.15) is 30.3 Å². The summed E-state index contributed by atoms with van der Waals surface area (Å²) in [7, 11) is 1.67. The molecular weight excluding hydrogens is 356 g/mol. The number of ether oxygens (including phenoxy) is 1. The fraction of sp³-hybridized carbons (Fsp3) is 0.400. The molecule has 0 bridgehead atoms. The highest BCUT2D eigenvalue weighted by molar-refractivity contribution is 5.58. The summed E-state index contributed by atoms with van der Waals surface area (Å²) < 4.78 is 10.7. The Bertz CT molecular complexity index is 885. The molecule has 0 radical (unpaired) electrons. The molecule has 8 heteroatoms. The van der Waals surface area contributed by atoms with E-state index in [9.17, 15) is 0 Å². The van der Waals surface area contributed by atoms with E-state index in [1.54, 1.807) is 19.5 Å². The first kappa shape index (κ1) is 18.5. The van der Waals surface area contributed by atoms with Crippen LogP contribution in [0.2, 0.25) is 0 Å². The Balaban J connectivity index is 1.47. The van der Waals surface area contributed by atoms with E-state index in [2.05, 4.69) is 36.4 Å². The van der Waals surface area contributed by atoms with Gasteiger partial charge in [-0.1, -0.05) is 11.2 Å². The number of rotatable bonds is 8. The molecule has 0 aromatic carbocycles. The van der Waals surface area contributed by atoms with Gasteiger partial charge in [0.25, 0.3) is 0 Å². The third kappa shape index (κ3) is 4.35. The highest BCUT2D eigenvalue weighted by atomic mass is 16.5. The Labute approximate surface area is 164 Å². The van der Waals surface area contributed by atoms with E-state index in [-0.39, 0.29) is 6.04 Å². The van der Waals surface area contributed by atoms with Gasteiger partial charge in [-0.15, -0.1) is 0 Å². The van der Waals surface area contributed by atoms with E-state index in [0.717, 1.165) is 37.3 Å². The molecule has 146 valence electrons. The molecule has 1 unspecified atom stereocenters. The van der Waals surface area contributed by atoms with Crippen LogP contribution in [0.15, 0.2) is 47.4 Å². The van der Waals surface area contributed by atoms with Gasteiger partial charge in [0.2, 0.25) is 11.7 Å². The molecule has 1 atom stereocenters. The number of nitrogens with one attached hydrogen (secondary N) is 1. The van der Waals surface area contributed by atoms with E-state index in [1.807, 2.05) is 24.4 Å². The normalized spacial score (nSPS) is 17.1. The zero-order valence-corrected chi connectivity index (χ0v) is 15.9. The molecule has 1 fully saturated rings. The van der Waals surface area contributed by atoms with Gasteiger partial charge in [0.05, 0.1) is 12.6 Å². The fourth-order valence-electron chi connectivity index (χ4n) is 3.46. The van der Waals surface area contributed by atoms with Crippen LogP contribution in [0.5, 0.6) is 0 Å². The molecule has 0 saturated carbocycles. The van der Waals surface area contributed by atoms with Crippen LogP contribution in [0.3, 0.4) is 0 Å². The maximum atomic E-state index is 5.63. The summed E-state index contributed by atoms with van der Waals surface area (Å²) in [6, 6.07) is 8.01. The molecule has 28 heavy (non-hydrogen) atoms. The second-order valence-electron chi connectivity index (χ2n) is 6.80. The van der Waals surface area contributed by atoms with Crippen LogP contribution in [0.25, 0.3) is 11.4 Å². The largest absolute Gasteiger partial charge is 0.383 e. The van der Waals surface area contributed by atoms with Crippen LogP contribution >= 0.6 is 0 Å². The van der Waals surface area contributed by atoms with Crippen molar-refractivity contribution in [3.05, 3.63) is 54.3 Å². The van der Waals surface area contributed by atoms with E-state index in [4.69, 9.17) is 9.26 Å². The monoisotopic (exact) mass is 380 g/mol. The Morgan fingerprint density at radius 2 is 2.29 bits per heavy atom. The van der Waals surface area contributed by atoms with Crippen molar-refractivity contribution in [2.24, 2.45) is 0 Å². The predicted molar refractivity (Wildman–Crippen MR) is 105 cm³/mol. The van der Waals surface area contributed by atoms with E-state index < -0.39 is 0 Å². The lowest BCUT2D eigenvalue weighted by atomic mass is 10.2. The molecule has 3 aromatic rings. The number of likely N-dealkylation sites (tertiary alicyclic amines) is 1. The summed E-state index contributed by atoms with van der Waals surface area (Å²) in [5.74, 6) is 2.02. The van der Waals surface area contributed by atoms with Crippen LogP contribution in [-0.4, -0.2) is 51.8 Å². The number of nitrogens with zero attached hydrogens (tertiary/aromatic N) is 5. The quantitative estimate of drug-likeness (QED) is 0.597. The van der Waals surface area contributed by atoms with Crippen LogP contribution < -0.4 is 5.32 Å². The number of aromatic nitrogens is 4. The molecule has 0 spiro atoms. The van der Waals surface area contributed by atoms with Crippen molar-refractivity contribution in [2.45, 2.75) is 25.4 Å². The van der Waals surface area contributed by atoms with Gasteiger partial charge >= 0.3 is 0 Å². The van der Waals surface area contributed by atoms with Crippen LogP contribution in [0.4, 0.5) is 5.82 Å². The van der Waals surface area contributed by atoms with Crippen molar-refractivity contribution in [2.75, 3.05) is 32.1 Å². The summed E-state index contributed by atoms with van der Waals surface area (Å²) in [6.45, 7) is 3.15. The third-order valence-corrected chi connectivity index (χ3v) is 4.83. The van der Waals surface area contributed by atoms with Crippen molar-refractivity contribution in [1.82, 2.24) is 25.0 Å². The predicted octanol–water partition coefficient (Wildman–Crippen LogP) is 2.92. The summed E-state index contributed by atoms with van der Waals surface area (Å²) >= 11 is 0. The molecule has 3 aromatic heterocycles. The summed E-state index contributed by atoms with van der Waals surface area (Å²) in [5.41, 5.74) is 2.07. The van der Waals surface area contributed by atoms with Crippen LogP contribution in [0, 0.1) is 0 Å². The number of hydrogen-bond acceptors (Lipinski definition) is 8. The minimum atomic E-state index is 0.141. The topological polar surface area (TPSA) is 89.2 Å². The Morgan fingerprint density at radius 3 is 3.14 bits per heavy atom. The smallest absolute Gasteiger partial charge is 0.244 e. The van der Waals surface area contributed by atoms with E-state index >= 15 is 0 Å². The Morgan fingerprint density at radius 1 is 1.32 bits per heavy atom. The molecule has 1 saturated heterocycles. The standard InChI is InChI=1S/C20H24N6O2/c1-27-11-9-23-18-12-16(6-8-22-18)19-24-20(28-25-19)17-5-3-10-26(17)14-15-4-2-7-21-13-15/h2,4,6-8,12-13,17H,3,5,9-11,14H2,1H3,(H,22,23). The van der Waals surface area contributed by atoms with Crippen molar-refractivity contribution in [3.8, 4) is 11.4 Å². The maximum Gasteiger partial charge on any atom is 0.244 e. The summed E-state index contributed by atoms with van der Waals surface area (Å²) in [6.07, 6.45) is 7.57.